The molecule has 2 N–H and O–H groups in total. The molecule has 3 amide bonds. The maximum atomic E-state index is 12.8. The van der Waals surface area contributed by atoms with Crippen LogP contribution < -0.4 is 10.6 Å². The largest absolute Gasteiger partial charge is 0.362 e. The molecule has 7 nitrogen and oxygen atoms in total. The highest BCUT2D eigenvalue weighted by Gasteiger charge is 2.40. The molecular weight excluding hydrogens is 404 g/mol. The molecule has 1 atom stereocenters. The van der Waals surface area contributed by atoms with Crippen LogP contribution in [0.2, 0.25) is 5.02 Å². The van der Waals surface area contributed by atoms with Crippen LogP contribution in [-0.4, -0.2) is 59.4 Å². The molecule has 2 saturated heterocycles. The van der Waals surface area contributed by atoms with Gasteiger partial charge in [0, 0.05) is 43.2 Å². The van der Waals surface area contributed by atoms with Crippen LogP contribution in [0, 0.1) is 0 Å². The fraction of sp³-hybridized carbons (Fsp3) is 0.591. The van der Waals surface area contributed by atoms with Crippen LogP contribution in [0.5, 0.6) is 0 Å². The Bertz CT molecular complexity index is 838. The number of nitrogens with zero attached hydrogens (tertiary/aromatic N) is 2. The standard InChI is InChI=1S/C22H29ClN4O3/c23-16-6-7-18-17(14-16)21(30)25-22(24-18)9-8-19(28)27(13-10-22)15-20(29)26-11-4-2-1-3-5-12-26/h6-7,14,24H,1-5,8-13,15H2,(H,25,30). The molecule has 2 fully saturated rings. The van der Waals surface area contributed by atoms with Gasteiger partial charge in [0.1, 0.15) is 5.66 Å². The van der Waals surface area contributed by atoms with Gasteiger partial charge in [-0.2, -0.15) is 0 Å². The van der Waals surface area contributed by atoms with Crippen molar-refractivity contribution in [1.29, 1.82) is 0 Å². The summed E-state index contributed by atoms with van der Waals surface area (Å²) in [5.74, 6) is -0.198. The van der Waals surface area contributed by atoms with Gasteiger partial charge in [0.15, 0.2) is 0 Å². The highest BCUT2D eigenvalue weighted by molar-refractivity contribution is 6.31. The van der Waals surface area contributed by atoms with Crippen LogP contribution in [0.1, 0.15) is 61.7 Å². The molecule has 0 aromatic heterocycles. The zero-order valence-electron chi connectivity index (χ0n) is 17.2. The number of fused-ring (bicyclic) bond motifs is 1. The average Bonchev–Trinajstić information content (AvgIpc) is 2.83. The number of benzene rings is 1. The van der Waals surface area contributed by atoms with Crippen LogP contribution in [0.15, 0.2) is 18.2 Å². The van der Waals surface area contributed by atoms with Crippen molar-refractivity contribution in [2.45, 2.75) is 57.0 Å². The minimum Gasteiger partial charge on any atom is -0.362 e. The smallest absolute Gasteiger partial charge is 0.255 e. The Morgan fingerprint density at radius 3 is 2.50 bits per heavy atom. The van der Waals surface area contributed by atoms with Crippen LogP contribution in [0.25, 0.3) is 0 Å². The third-order valence-corrected chi connectivity index (χ3v) is 6.65. The van der Waals surface area contributed by atoms with Gasteiger partial charge in [-0.25, -0.2) is 0 Å². The van der Waals surface area contributed by atoms with E-state index in [1.165, 1.54) is 6.42 Å². The first kappa shape index (κ1) is 21.0. The molecule has 0 saturated carbocycles. The zero-order valence-corrected chi connectivity index (χ0v) is 18.0. The van der Waals surface area contributed by atoms with Crippen LogP contribution in [0.4, 0.5) is 5.69 Å². The predicted molar refractivity (Wildman–Crippen MR) is 115 cm³/mol. The number of hydrogen-bond acceptors (Lipinski definition) is 4. The number of nitrogens with one attached hydrogen (secondary N) is 2. The Hall–Kier alpha value is -2.28. The Morgan fingerprint density at radius 2 is 1.73 bits per heavy atom. The van der Waals surface area contributed by atoms with E-state index in [-0.39, 0.29) is 30.7 Å². The maximum absolute atomic E-state index is 12.8. The number of amides is 3. The summed E-state index contributed by atoms with van der Waals surface area (Å²) in [6.07, 6.45) is 6.92. The topological polar surface area (TPSA) is 81.8 Å². The average molecular weight is 433 g/mol. The van der Waals surface area contributed by atoms with Gasteiger partial charge in [0.05, 0.1) is 12.1 Å². The number of likely N-dealkylation sites (tertiary alicyclic amines) is 2. The number of halogens is 1. The Labute approximate surface area is 182 Å². The third-order valence-electron chi connectivity index (χ3n) is 6.41. The molecular formula is C22H29ClN4O3. The van der Waals surface area contributed by atoms with E-state index in [0.29, 0.717) is 30.0 Å². The lowest BCUT2D eigenvalue weighted by atomic mass is 9.95. The van der Waals surface area contributed by atoms with E-state index in [4.69, 9.17) is 11.6 Å². The Balaban J connectivity index is 1.42. The summed E-state index contributed by atoms with van der Waals surface area (Å²) in [6.45, 7) is 2.10. The number of rotatable bonds is 2. The van der Waals surface area contributed by atoms with E-state index in [0.717, 1.165) is 44.5 Å². The van der Waals surface area contributed by atoms with Crippen molar-refractivity contribution >= 4 is 35.0 Å². The first-order valence-electron chi connectivity index (χ1n) is 10.9. The summed E-state index contributed by atoms with van der Waals surface area (Å²) in [6, 6.07) is 5.19. The molecule has 1 aromatic rings. The normalized spacial score (nSPS) is 25.0. The molecule has 162 valence electrons. The molecule has 1 spiro atoms. The number of anilines is 1. The van der Waals surface area contributed by atoms with Crippen LogP contribution in [0.3, 0.4) is 0 Å². The quantitative estimate of drug-likeness (QED) is 0.752. The zero-order chi connectivity index (χ0) is 21.1. The molecule has 1 unspecified atom stereocenters. The van der Waals surface area contributed by atoms with Crippen molar-refractivity contribution < 1.29 is 14.4 Å². The summed E-state index contributed by atoms with van der Waals surface area (Å²) < 4.78 is 0. The van der Waals surface area contributed by atoms with Crippen molar-refractivity contribution in [3.8, 4) is 0 Å². The predicted octanol–water partition coefficient (Wildman–Crippen LogP) is 3.00. The van der Waals surface area contributed by atoms with Gasteiger partial charge in [0.25, 0.3) is 5.91 Å². The Morgan fingerprint density at radius 1 is 1.00 bits per heavy atom. The van der Waals surface area contributed by atoms with Gasteiger partial charge >= 0.3 is 0 Å². The molecule has 0 radical (unpaired) electrons. The van der Waals surface area contributed by atoms with E-state index in [2.05, 4.69) is 10.6 Å². The van der Waals surface area contributed by atoms with Gasteiger partial charge in [0.2, 0.25) is 11.8 Å². The van der Waals surface area contributed by atoms with Crippen molar-refractivity contribution in [2.75, 3.05) is 31.5 Å². The minimum atomic E-state index is -0.689. The first-order chi connectivity index (χ1) is 14.5. The second kappa shape index (κ2) is 8.84. The molecule has 3 heterocycles. The van der Waals surface area contributed by atoms with Crippen molar-refractivity contribution in [3.63, 3.8) is 0 Å². The van der Waals surface area contributed by atoms with Gasteiger partial charge in [-0.15, -0.1) is 0 Å². The van der Waals surface area contributed by atoms with Crippen molar-refractivity contribution in [1.82, 2.24) is 15.1 Å². The second-order valence-corrected chi connectivity index (χ2v) is 9.00. The van der Waals surface area contributed by atoms with Gasteiger partial charge in [-0.3, -0.25) is 14.4 Å². The Kier molecular flexibility index (Phi) is 6.18. The number of carbonyl (C=O) groups excluding carboxylic acids is 3. The summed E-state index contributed by atoms with van der Waals surface area (Å²) in [7, 11) is 0. The van der Waals surface area contributed by atoms with E-state index in [1.54, 1.807) is 23.1 Å². The van der Waals surface area contributed by atoms with Gasteiger partial charge in [-0.1, -0.05) is 30.9 Å². The molecule has 3 aliphatic rings. The summed E-state index contributed by atoms with van der Waals surface area (Å²) in [4.78, 5) is 41.8. The van der Waals surface area contributed by atoms with E-state index in [9.17, 15) is 14.4 Å². The molecule has 1 aromatic carbocycles. The lowest BCUT2D eigenvalue weighted by Crippen LogP contribution is -2.58. The minimum absolute atomic E-state index is 0.0295. The third kappa shape index (κ3) is 4.56. The molecule has 30 heavy (non-hydrogen) atoms. The molecule has 0 bridgehead atoms. The number of hydrogen-bond donors (Lipinski definition) is 2. The van der Waals surface area contributed by atoms with Crippen molar-refractivity contribution in [3.05, 3.63) is 28.8 Å². The SMILES string of the molecule is O=C1NC2(CCC(=O)N(CC(=O)N3CCCCCCC3)CC2)Nc2ccc(Cl)cc21. The van der Waals surface area contributed by atoms with Crippen LogP contribution >= 0.6 is 11.6 Å². The van der Waals surface area contributed by atoms with E-state index in [1.807, 2.05) is 4.90 Å². The van der Waals surface area contributed by atoms with E-state index >= 15 is 0 Å². The maximum Gasteiger partial charge on any atom is 0.255 e. The number of carbonyl (C=O) groups is 3. The van der Waals surface area contributed by atoms with Gasteiger partial charge in [-0.05, 0) is 37.5 Å². The highest BCUT2D eigenvalue weighted by Crippen LogP contribution is 2.33. The monoisotopic (exact) mass is 432 g/mol. The molecule has 8 heteroatoms. The van der Waals surface area contributed by atoms with Gasteiger partial charge < -0.3 is 20.4 Å². The summed E-state index contributed by atoms with van der Waals surface area (Å²) >= 11 is 6.02. The van der Waals surface area contributed by atoms with Crippen LogP contribution in [-0.2, 0) is 9.59 Å². The summed E-state index contributed by atoms with van der Waals surface area (Å²) in [5.41, 5.74) is 0.542. The lowest BCUT2D eigenvalue weighted by molar-refractivity contribution is -0.140. The second-order valence-electron chi connectivity index (χ2n) is 8.56. The fourth-order valence-corrected chi connectivity index (χ4v) is 4.79. The highest BCUT2D eigenvalue weighted by atomic mass is 35.5. The summed E-state index contributed by atoms with van der Waals surface area (Å²) in [5, 5.41) is 6.97. The van der Waals surface area contributed by atoms with E-state index < -0.39 is 5.66 Å². The fourth-order valence-electron chi connectivity index (χ4n) is 4.62. The first-order valence-corrected chi connectivity index (χ1v) is 11.3. The van der Waals surface area contributed by atoms with Crippen molar-refractivity contribution in [2.24, 2.45) is 0 Å². The molecule has 0 aliphatic carbocycles. The molecule has 3 aliphatic heterocycles. The molecule has 4 rings (SSSR count). The lowest BCUT2D eigenvalue weighted by Gasteiger charge is -2.40.